The maximum atomic E-state index is 7.18. The summed E-state index contributed by atoms with van der Waals surface area (Å²) in [4.78, 5) is 5.95. The van der Waals surface area contributed by atoms with Gasteiger partial charge in [0.1, 0.15) is 5.75 Å². The van der Waals surface area contributed by atoms with E-state index in [1.807, 2.05) is 18.2 Å². The first-order chi connectivity index (χ1) is 12.2. The zero-order valence-corrected chi connectivity index (χ0v) is 14.5. The Kier molecular flexibility index (Phi) is 4.20. The highest BCUT2D eigenvalue weighted by Crippen LogP contribution is 2.44. The summed E-state index contributed by atoms with van der Waals surface area (Å²) in [5.41, 5.74) is 4.40. The van der Waals surface area contributed by atoms with E-state index in [1.165, 1.54) is 16.7 Å². The number of fused-ring (bicyclic) bond motifs is 2. The third-order valence-electron chi connectivity index (χ3n) is 5.45. The van der Waals surface area contributed by atoms with Crippen molar-refractivity contribution in [3.8, 4) is 5.75 Å². The summed E-state index contributed by atoms with van der Waals surface area (Å²) in [6, 6.07) is 14.5. The van der Waals surface area contributed by atoms with E-state index in [4.69, 9.17) is 16.0 Å². The van der Waals surface area contributed by atoms with Crippen molar-refractivity contribution in [1.29, 1.82) is 0 Å². The minimum Gasteiger partial charge on any atom is -0.508 e. The van der Waals surface area contributed by atoms with Crippen LogP contribution in [-0.2, 0) is 23.5 Å². The fraction of sp³-hybridized carbons (Fsp3) is 0.381. The predicted octanol–water partition coefficient (Wildman–Crippen LogP) is 4.27. The maximum absolute atomic E-state index is 7.18. The molecule has 1 fully saturated rings. The second-order valence-electron chi connectivity index (χ2n) is 6.83. The Morgan fingerprint density at radius 2 is 2.00 bits per heavy atom. The Hall–Kier alpha value is -2.35. The van der Waals surface area contributed by atoms with Crippen molar-refractivity contribution in [2.24, 2.45) is 0 Å². The van der Waals surface area contributed by atoms with Crippen molar-refractivity contribution in [3.05, 3.63) is 70.6 Å². The highest BCUT2D eigenvalue weighted by molar-refractivity contribution is 5.58. The van der Waals surface area contributed by atoms with Gasteiger partial charge in [0.25, 0.3) is 0 Å². The first-order valence-corrected chi connectivity index (χ1v) is 8.73. The lowest BCUT2D eigenvalue weighted by Gasteiger charge is -2.39. The van der Waals surface area contributed by atoms with Crippen LogP contribution in [0.1, 0.15) is 29.5 Å². The van der Waals surface area contributed by atoms with Crippen LogP contribution in [0.4, 0.5) is 5.69 Å². The lowest BCUT2D eigenvalue weighted by molar-refractivity contribution is -0.0799. The Morgan fingerprint density at radius 1 is 1.20 bits per heavy atom. The molecule has 0 atom stereocenters. The number of likely N-dealkylation sites (tertiary alicyclic amines) is 1. The molecule has 0 bridgehead atoms. The Morgan fingerprint density at radius 3 is 2.76 bits per heavy atom. The van der Waals surface area contributed by atoms with Gasteiger partial charge in [0.05, 0.1) is 25.9 Å². The van der Waals surface area contributed by atoms with Crippen LogP contribution in [0.25, 0.3) is 4.85 Å². The summed E-state index contributed by atoms with van der Waals surface area (Å²) < 4.78 is 11.6. The molecule has 1 saturated heterocycles. The molecule has 0 radical (unpaired) electrons. The van der Waals surface area contributed by atoms with Gasteiger partial charge in [-0.1, -0.05) is 36.4 Å². The predicted molar refractivity (Wildman–Crippen MR) is 96.7 cm³/mol. The zero-order valence-electron chi connectivity index (χ0n) is 14.5. The van der Waals surface area contributed by atoms with Crippen molar-refractivity contribution in [3.63, 3.8) is 0 Å². The van der Waals surface area contributed by atoms with Crippen LogP contribution in [0.15, 0.2) is 42.5 Å². The molecule has 25 heavy (non-hydrogen) atoms. The van der Waals surface area contributed by atoms with Gasteiger partial charge in [0.15, 0.2) is 0 Å². The molecule has 0 aromatic heterocycles. The third-order valence-corrected chi connectivity index (χ3v) is 5.45. The van der Waals surface area contributed by atoms with Gasteiger partial charge in [-0.25, -0.2) is 4.85 Å². The molecule has 2 aliphatic heterocycles. The normalized spacial score (nSPS) is 18.7. The molecule has 128 valence electrons. The average Bonchev–Trinajstić information content (AvgIpc) is 3.02. The summed E-state index contributed by atoms with van der Waals surface area (Å²) in [6.07, 6.45) is 2.06. The van der Waals surface area contributed by atoms with Crippen LogP contribution < -0.4 is 4.74 Å². The Bertz CT molecular complexity index is 817. The molecule has 0 N–H and O–H groups in total. The molecular weight excluding hydrogens is 312 g/mol. The number of piperidine rings is 1. The third kappa shape index (κ3) is 2.90. The van der Waals surface area contributed by atoms with E-state index in [0.717, 1.165) is 39.1 Å². The van der Waals surface area contributed by atoms with Gasteiger partial charge in [-0.05, 0) is 35.6 Å². The molecule has 1 spiro atoms. The highest BCUT2D eigenvalue weighted by Gasteiger charge is 2.42. The molecule has 0 unspecified atom stereocenters. The monoisotopic (exact) mass is 334 g/mol. The lowest BCUT2D eigenvalue weighted by atomic mass is 9.84. The quantitative estimate of drug-likeness (QED) is 0.784. The first-order valence-electron chi connectivity index (χ1n) is 8.73. The molecule has 2 heterocycles. The van der Waals surface area contributed by atoms with Gasteiger partial charge in [-0.2, -0.15) is 0 Å². The number of ether oxygens (including phenoxy) is 2. The van der Waals surface area contributed by atoms with E-state index in [1.54, 1.807) is 7.11 Å². The lowest BCUT2D eigenvalue weighted by Crippen LogP contribution is -2.42. The van der Waals surface area contributed by atoms with E-state index >= 15 is 0 Å². The minimum atomic E-state index is -0.0846. The van der Waals surface area contributed by atoms with E-state index in [0.29, 0.717) is 11.4 Å². The molecule has 4 nitrogen and oxygen atoms in total. The summed E-state index contributed by atoms with van der Waals surface area (Å²) in [5, 5.41) is 0. The summed E-state index contributed by atoms with van der Waals surface area (Å²) in [7, 11) is 1.62. The molecule has 0 aliphatic carbocycles. The largest absolute Gasteiger partial charge is 0.508 e. The molecule has 4 heteroatoms. The molecule has 0 saturated carbocycles. The van der Waals surface area contributed by atoms with Crippen LogP contribution in [0.2, 0.25) is 0 Å². The molecule has 2 aromatic rings. The van der Waals surface area contributed by atoms with E-state index in [9.17, 15) is 0 Å². The van der Waals surface area contributed by atoms with Crippen LogP contribution in [0.3, 0.4) is 0 Å². The molecule has 2 aromatic carbocycles. The topological polar surface area (TPSA) is 26.1 Å². The minimum absolute atomic E-state index is 0.0846. The van der Waals surface area contributed by atoms with Gasteiger partial charge in [-0.15, -0.1) is 0 Å². The second kappa shape index (κ2) is 6.51. The Balaban J connectivity index is 1.44. The molecular formula is C21H22N2O2. The number of methoxy groups -OCH3 is 1. The molecule has 2 aliphatic rings. The fourth-order valence-corrected chi connectivity index (χ4v) is 4.04. The average molecular weight is 334 g/mol. The van der Waals surface area contributed by atoms with Crippen molar-refractivity contribution < 1.29 is 9.47 Å². The van der Waals surface area contributed by atoms with Crippen molar-refractivity contribution >= 4 is 5.69 Å². The van der Waals surface area contributed by atoms with E-state index in [-0.39, 0.29) is 5.60 Å². The van der Waals surface area contributed by atoms with Crippen LogP contribution in [0.5, 0.6) is 5.75 Å². The van der Waals surface area contributed by atoms with Crippen LogP contribution in [-0.4, -0.2) is 25.1 Å². The summed E-state index contributed by atoms with van der Waals surface area (Å²) in [5.74, 6) is 0.661. The van der Waals surface area contributed by atoms with E-state index < -0.39 is 0 Å². The van der Waals surface area contributed by atoms with Crippen molar-refractivity contribution in [2.45, 2.75) is 31.6 Å². The Labute approximate surface area is 148 Å². The van der Waals surface area contributed by atoms with Crippen LogP contribution in [0, 0.1) is 6.57 Å². The van der Waals surface area contributed by atoms with Crippen molar-refractivity contribution in [2.75, 3.05) is 20.2 Å². The van der Waals surface area contributed by atoms with Gasteiger partial charge in [0, 0.05) is 19.6 Å². The smallest absolute Gasteiger partial charge is 0.228 e. The first kappa shape index (κ1) is 16.1. The van der Waals surface area contributed by atoms with Crippen molar-refractivity contribution in [1.82, 2.24) is 4.90 Å². The number of hydrogen-bond donors (Lipinski definition) is 0. The van der Waals surface area contributed by atoms with Gasteiger partial charge in [0.2, 0.25) is 5.69 Å². The molecule has 4 rings (SSSR count). The SMILES string of the molecule is [C-]#[N+]c1ccc(CN2CCC3(CC2)OCc2ccccc23)cc1OC. The highest BCUT2D eigenvalue weighted by atomic mass is 16.5. The van der Waals surface area contributed by atoms with Gasteiger partial charge >= 0.3 is 0 Å². The number of rotatable bonds is 3. The number of hydrogen-bond acceptors (Lipinski definition) is 3. The van der Waals surface area contributed by atoms with Gasteiger partial charge < -0.3 is 9.47 Å². The number of nitrogens with zero attached hydrogens (tertiary/aromatic N) is 2. The standard InChI is InChI=1S/C21H22N2O2/c1-22-19-8-7-16(13-20(19)24-2)14-23-11-9-21(10-12-23)18-6-4-3-5-17(18)15-25-21/h3-8,13H,9-12,14-15H2,2H3. The number of benzene rings is 2. The zero-order chi connectivity index (χ0) is 17.3. The van der Waals surface area contributed by atoms with E-state index in [2.05, 4.69) is 34.0 Å². The van der Waals surface area contributed by atoms with Gasteiger partial charge in [-0.3, -0.25) is 4.90 Å². The summed E-state index contributed by atoms with van der Waals surface area (Å²) >= 11 is 0. The molecule has 0 amide bonds. The van der Waals surface area contributed by atoms with Crippen LogP contribution >= 0.6 is 0 Å². The summed E-state index contributed by atoms with van der Waals surface area (Å²) in [6.45, 7) is 10.8. The maximum Gasteiger partial charge on any atom is 0.228 e. The second-order valence-corrected chi connectivity index (χ2v) is 6.83. The fourth-order valence-electron chi connectivity index (χ4n) is 4.04.